The lowest BCUT2D eigenvalue weighted by Crippen LogP contribution is -2.46. The van der Waals surface area contributed by atoms with Gasteiger partial charge in [-0.2, -0.15) is 0 Å². The average Bonchev–Trinajstić information content (AvgIpc) is 3.20. The van der Waals surface area contributed by atoms with Gasteiger partial charge in [0.05, 0.1) is 25.2 Å². The molecule has 0 bridgehead atoms. The van der Waals surface area contributed by atoms with Crippen molar-refractivity contribution < 1.29 is 24.5 Å². The summed E-state index contributed by atoms with van der Waals surface area (Å²) in [6, 6.07) is -0.698. The Hall–Kier alpha value is -1.66. The SMILES string of the molecule is CCCCCCCCC/C=C/C=C/CCCCCCCC(=O)OC(CCCCCCCCCC)CC(=O)NC(CO)C(O)CCCCCCCCCCCCCC. The highest BCUT2D eigenvalue weighted by Gasteiger charge is 2.24. The maximum atomic E-state index is 13.1. The van der Waals surface area contributed by atoms with E-state index in [1.165, 1.54) is 167 Å². The van der Waals surface area contributed by atoms with Gasteiger partial charge in [0.1, 0.15) is 6.10 Å². The summed E-state index contributed by atoms with van der Waals surface area (Å²) in [5, 5.41) is 23.7. The van der Waals surface area contributed by atoms with Crippen molar-refractivity contribution >= 4 is 11.9 Å². The lowest BCUT2D eigenvalue weighted by atomic mass is 10.0. The molecule has 0 aliphatic carbocycles. The first-order valence-electron chi connectivity index (χ1n) is 25.1. The van der Waals surface area contributed by atoms with Gasteiger partial charge in [-0.25, -0.2) is 0 Å². The van der Waals surface area contributed by atoms with Gasteiger partial charge in [-0.15, -0.1) is 0 Å². The minimum atomic E-state index is -0.784. The molecule has 0 rings (SSSR count). The number of allylic oxidation sites excluding steroid dienone is 4. The molecule has 0 aromatic heterocycles. The number of carbonyl (C=O) groups is 2. The molecule has 0 aliphatic heterocycles. The third-order valence-corrected chi connectivity index (χ3v) is 11.6. The van der Waals surface area contributed by atoms with Gasteiger partial charge >= 0.3 is 5.97 Å². The van der Waals surface area contributed by atoms with Gasteiger partial charge in [-0.1, -0.05) is 225 Å². The molecule has 3 atom stereocenters. The Balaban J connectivity index is 4.43. The van der Waals surface area contributed by atoms with Crippen LogP contribution < -0.4 is 5.32 Å². The van der Waals surface area contributed by atoms with Gasteiger partial charge in [-0.3, -0.25) is 9.59 Å². The third kappa shape index (κ3) is 40.9. The third-order valence-electron chi connectivity index (χ3n) is 11.6. The van der Waals surface area contributed by atoms with Crippen LogP contribution in [0, 0.1) is 0 Å². The van der Waals surface area contributed by atoms with Gasteiger partial charge in [0, 0.05) is 6.42 Å². The minimum Gasteiger partial charge on any atom is -0.462 e. The molecule has 6 heteroatoms. The highest BCUT2D eigenvalue weighted by atomic mass is 16.5. The lowest BCUT2D eigenvalue weighted by Gasteiger charge is -2.24. The van der Waals surface area contributed by atoms with Crippen LogP contribution in [0.5, 0.6) is 0 Å². The normalized spacial score (nSPS) is 13.4. The number of ether oxygens (including phenoxy) is 1. The molecule has 0 aliphatic rings. The molecule has 0 radical (unpaired) electrons. The van der Waals surface area contributed by atoms with Crippen molar-refractivity contribution in [3.63, 3.8) is 0 Å². The molecule has 336 valence electrons. The molecule has 0 heterocycles. The van der Waals surface area contributed by atoms with Crippen LogP contribution in [0.15, 0.2) is 24.3 Å². The second-order valence-electron chi connectivity index (χ2n) is 17.3. The first kappa shape index (κ1) is 55.3. The van der Waals surface area contributed by atoms with E-state index >= 15 is 0 Å². The summed E-state index contributed by atoms with van der Waals surface area (Å²) in [4.78, 5) is 26.0. The van der Waals surface area contributed by atoms with Crippen LogP contribution in [0.25, 0.3) is 0 Å². The summed E-state index contributed by atoms with van der Waals surface area (Å²) >= 11 is 0. The van der Waals surface area contributed by atoms with Gasteiger partial charge in [0.15, 0.2) is 0 Å². The molecule has 0 spiro atoms. The zero-order valence-corrected chi connectivity index (χ0v) is 38.2. The van der Waals surface area contributed by atoms with Crippen molar-refractivity contribution in [2.75, 3.05) is 6.61 Å². The zero-order valence-electron chi connectivity index (χ0n) is 38.2. The van der Waals surface area contributed by atoms with E-state index in [0.29, 0.717) is 19.3 Å². The fourth-order valence-electron chi connectivity index (χ4n) is 7.72. The number of esters is 1. The van der Waals surface area contributed by atoms with Crippen LogP contribution in [0.4, 0.5) is 0 Å². The molecule has 6 nitrogen and oxygen atoms in total. The van der Waals surface area contributed by atoms with Crippen molar-refractivity contribution in [1.82, 2.24) is 5.32 Å². The van der Waals surface area contributed by atoms with Crippen LogP contribution in [-0.2, 0) is 14.3 Å². The molecule has 0 saturated heterocycles. The highest BCUT2D eigenvalue weighted by Crippen LogP contribution is 2.18. The Bertz CT molecular complexity index is 904. The summed E-state index contributed by atoms with van der Waals surface area (Å²) in [5.41, 5.74) is 0. The average molecular weight is 804 g/mol. The fraction of sp³-hybridized carbons (Fsp3) is 0.882. The quantitative estimate of drug-likeness (QED) is 0.0324. The molecule has 0 aromatic carbocycles. The summed E-state index contributed by atoms with van der Waals surface area (Å²) in [6.45, 7) is 6.46. The summed E-state index contributed by atoms with van der Waals surface area (Å²) in [7, 11) is 0. The molecule has 57 heavy (non-hydrogen) atoms. The summed E-state index contributed by atoms with van der Waals surface area (Å²) in [5.74, 6) is -0.484. The molecule has 0 saturated carbocycles. The Kier molecular flexibility index (Phi) is 44.1. The van der Waals surface area contributed by atoms with E-state index < -0.39 is 18.2 Å². The van der Waals surface area contributed by atoms with Crippen molar-refractivity contribution in [3.05, 3.63) is 24.3 Å². The van der Waals surface area contributed by atoms with Crippen LogP contribution in [0.3, 0.4) is 0 Å². The number of carbonyl (C=O) groups excluding carboxylic acids is 2. The molecule has 1 amide bonds. The van der Waals surface area contributed by atoms with Gasteiger partial charge in [0.2, 0.25) is 5.91 Å². The molecule has 3 unspecified atom stereocenters. The predicted molar refractivity (Wildman–Crippen MR) is 246 cm³/mol. The van der Waals surface area contributed by atoms with Crippen LogP contribution in [0.2, 0.25) is 0 Å². The summed E-state index contributed by atoms with van der Waals surface area (Å²) in [6.07, 6.45) is 51.0. The van der Waals surface area contributed by atoms with E-state index in [9.17, 15) is 19.8 Å². The Morgan fingerprint density at radius 3 is 1.30 bits per heavy atom. The molecule has 3 N–H and O–H groups in total. The number of aliphatic hydroxyl groups excluding tert-OH is 2. The van der Waals surface area contributed by atoms with Crippen molar-refractivity contribution in [2.45, 2.75) is 283 Å². The fourth-order valence-corrected chi connectivity index (χ4v) is 7.72. The standard InChI is InChI=1S/C51H97NO5/c1-4-7-10-13-16-19-21-23-24-25-26-27-28-30-32-35-38-41-44-51(56)57-47(42-39-36-33-18-15-12-9-6-3)45-50(55)52-48(46-53)49(54)43-40-37-34-31-29-22-20-17-14-11-8-5-2/h24-27,47-49,53-54H,4-23,28-46H2,1-3H3,(H,52,55)/b25-24+,27-26+. The number of unbranched alkanes of at least 4 members (excludes halogenated alkanes) is 30. The number of rotatable bonds is 45. The smallest absolute Gasteiger partial charge is 0.306 e. The van der Waals surface area contributed by atoms with E-state index in [1.54, 1.807) is 0 Å². The Morgan fingerprint density at radius 2 is 0.877 bits per heavy atom. The van der Waals surface area contributed by atoms with Gasteiger partial charge in [0.25, 0.3) is 0 Å². The first-order chi connectivity index (χ1) is 28.0. The highest BCUT2D eigenvalue weighted by molar-refractivity contribution is 5.77. The van der Waals surface area contributed by atoms with E-state index in [-0.39, 0.29) is 24.9 Å². The maximum Gasteiger partial charge on any atom is 0.306 e. The van der Waals surface area contributed by atoms with E-state index in [2.05, 4.69) is 50.4 Å². The number of nitrogens with one attached hydrogen (secondary N) is 1. The maximum absolute atomic E-state index is 13.1. The van der Waals surface area contributed by atoms with Gasteiger partial charge < -0.3 is 20.3 Å². The Labute approximate surface area is 354 Å². The second kappa shape index (κ2) is 45.4. The van der Waals surface area contributed by atoms with Crippen molar-refractivity contribution in [2.24, 2.45) is 0 Å². The summed E-state index contributed by atoms with van der Waals surface area (Å²) < 4.78 is 5.90. The molecule has 0 aromatic rings. The van der Waals surface area contributed by atoms with E-state index in [4.69, 9.17) is 4.74 Å². The lowest BCUT2D eigenvalue weighted by molar-refractivity contribution is -0.151. The van der Waals surface area contributed by atoms with Crippen LogP contribution in [0.1, 0.15) is 265 Å². The first-order valence-corrected chi connectivity index (χ1v) is 25.1. The van der Waals surface area contributed by atoms with Crippen LogP contribution >= 0.6 is 0 Å². The molecular formula is C51H97NO5. The van der Waals surface area contributed by atoms with Crippen LogP contribution in [-0.4, -0.2) is 46.9 Å². The van der Waals surface area contributed by atoms with Gasteiger partial charge in [-0.05, 0) is 51.4 Å². The number of aliphatic hydroxyl groups is 2. The minimum absolute atomic E-state index is 0.0753. The van der Waals surface area contributed by atoms with E-state index in [1.807, 2.05) is 0 Å². The number of hydrogen-bond acceptors (Lipinski definition) is 5. The topological polar surface area (TPSA) is 95.9 Å². The largest absolute Gasteiger partial charge is 0.462 e. The van der Waals surface area contributed by atoms with E-state index in [0.717, 1.165) is 51.4 Å². The monoisotopic (exact) mass is 804 g/mol. The number of amides is 1. The molecule has 0 fully saturated rings. The zero-order chi connectivity index (χ0) is 41.7. The predicted octanol–water partition coefficient (Wildman–Crippen LogP) is 14.7. The Morgan fingerprint density at radius 1 is 0.509 bits per heavy atom. The molecular weight excluding hydrogens is 707 g/mol. The number of hydrogen-bond donors (Lipinski definition) is 3. The van der Waals surface area contributed by atoms with Crippen molar-refractivity contribution in [1.29, 1.82) is 0 Å². The second-order valence-corrected chi connectivity index (χ2v) is 17.3. The van der Waals surface area contributed by atoms with Crippen molar-refractivity contribution in [3.8, 4) is 0 Å².